The molecule has 0 radical (unpaired) electrons. The number of nitrogens with zero attached hydrogens (tertiary/aromatic N) is 2. The number of carboxylic acids is 1. The van der Waals surface area contributed by atoms with Crippen molar-refractivity contribution in [3.8, 4) is 11.5 Å². The lowest BCUT2D eigenvalue weighted by Gasteiger charge is -2.27. The summed E-state index contributed by atoms with van der Waals surface area (Å²) >= 11 is 0. The lowest BCUT2D eigenvalue weighted by atomic mass is 9.93. The smallest absolute Gasteiger partial charge is 0.342 e. The maximum absolute atomic E-state index is 12.8. The second kappa shape index (κ2) is 14.1. The summed E-state index contributed by atoms with van der Waals surface area (Å²) in [5.74, 6) is -0.439. The minimum absolute atomic E-state index is 0.203. The molecule has 2 fully saturated rings. The van der Waals surface area contributed by atoms with E-state index in [-0.39, 0.29) is 12.6 Å². The van der Waals surface area contributed by atoms with Crippen LogP contribution in [0.1, 0.15) is 46.8 Å². The van der Waals surface area contributed by atoms with E-state index in [2.05, 4.69) is 9.80 Å². The number of rotatable bonds is 13. The average Bonchev–Trinajstić information content (AvgIpc) is 3.33. The Balaban J connectivity index is 1.50. The first-order valence-electron chi connectivity index (χ1n) is 13.9. The number of hydrogen-bond donors (Lipinski definition) is 1. The van der Waals surface area contributed by atoms with Gasteiger partial charge in [0.05, 0.1) is 39.5 Å². The van der Waals surface area contributed by atoms with Crippen molar-refractivity contribution in [2.24, 2.45) is 5.92 Å². The fourth-order valence-corrected chi connectivity index (χ4v) is 5.49. The van der Waals surface area contributed by atoms with Crippen LogP contribution in [0.15, 0.2) is 11.6 Å². The van der Waals surface area contributed by atoms with Crippen molar-refractivity contribution in [3.63, 3.8) is 0 Å². The van der Waals surface area contributed by atoms with Crippen LogP contribution in [-0.4, -0.2) is 106 Å². The molecule has 2 saturated heterocycles. The predicted octanol–water partition coefficient (Wildman–Crippen LogP) is 2.69. The molecule has 3 aliphatic heterocycles. The van der Waals surface area contributed by atoms with Crippen LogP contribution in [0.2, 0.25) is 0 Å². The minimum atomic E-state index is -0.781. The molecule has 1 unspecified atom stereocenters. The summed E-state index contributed by atoms with van der Waals surface area (Å²) in [5, 5.41) is 9.87. The zero-order valence-electron chi connectivity index (χ0n) is 23.5. The van der Waals surface area contributed by atoms with Crippen LogP contribution in [0.3, 0.4) is 0 Å². The number of fused-ring (bicyclic) bond motifs is 1. The first-order chi connectivity index (χ1) is 18.9. The molecule has 0 aliphatic carbocycles. The van der Waals surface area contributed by atoms with E-state index in [0.717, 1.165) is 61.5 Å². The van der Waals surface area contributed by atoms with Crippen LogP contribution < -0.4 is 9.47 Å². The van der Waals surface area contributed by atoms with Gasteiger partial charge in [0.15, 0.2) is 0 Å². The molecule has 1 aromatic carbocycles. The zero-order chi connectivity index (χ0) is 27.8. The van der Waals surface area contributed by atoms with Gasteiger partial charge in [-0.3, -0.25) is 14.6 Å². The van der Waals surface area contributed by atoms with Gasteiger partial charge in [-0.25, -0.2) is 4.79 Å². The fraction of sp³-hybridized carbons (Fsp3) is 0.655. The van der Waals surface area contributed by atoms with Gasteiger partial charge in [-0.15, -0.1) is 0 Å². The van der Waals surface area contributed by atoms with Gasteiger partial charge in [0.2, 0.25) is 0 Å². The van der Waals surface area contributed by atoms with Gasteiger partial charge in [-0.05, 0) is 45.2 Å². The second-order valence-corrected chi connectivity index (χ2v) is 10.4. The van der Waals surface area contributed by atoms with Crippen LogP contribution >= 0.6 is 0 Å². The number of cyclic esters (lactones) is 1. The molecule has 10 heteroatoms. The Morgan fingerprint density at radius 2 is 1.69 bits per heavy atom. The molecular formula is C29H42N2O8. The standard InChI is InChI=1S/C29H42N2O8/c1-20(18-22(28(32)33)6-7-30-8-13-36-14-9-30)4-5-23-26(35-3)21(2)24-19-39-29(34)25(24)27(23)38-17-12-31-10-15-37-16-11-31/h4,22H,5-19H2,1-3H3,(H,32,33). The Morgan fingerprint density at radius 1 is 1.05 bits per heavy atom. The molecule has 1 N–H and O–H groups in total. The van der Waals surface area contributed by atoms with Gasteiger partial charge in [0.1, 0.15) is 30.3 Å². The third kappa shape index (κ3) is 7.51. The monoisotopic (exact) mass is 546 g/mol. The highest BCUT2D eigenvalue weighted by Gasteiger charge is 2.33. The molecule has 39 heavy (non-hydrogen) atoms. The highest BCUT2D eigenvalue weighted by Crippen LogP contribution is 2.43. The molecule has 4 rings (SSSR count). The highest BCUT2D eigenvalue weighted by atomic mass is 16.5. The quantitative estimate of drug-likeness (QED) is 0.293. The van der Waals surface area contributed by atoms with Crippen LogP contribution in [-0.2, 0) is 32.0 Å². The third-order valence-corrected chi connectivity index (χ3v) is 7.85. The van der Waals surface area contributed by atoms with Crippen molar-refractivity contribution >= 4 is 11.9 Å². The summed E-state index contributed by atoms with van der Waals surface area (Å²) in [5.41, 5.74) is 3.91. The number of esters is 1. The summed E-state index contributed by atoms with van der Waals surface area (Å²) in [4.78, 5) is 29.3. The number of hydrogen-bond acceptors (Lipinski definition) is 9. The van der Waals surface area contributed by atoms with Crippen molar-refractivity contribution in [1.29, 1.82) is 0 Å². The number of carbonyl (C=O) groups is 2. The first kappa shape index (κ1) is 29.3. The summed E-state index contributed by atoms with van der Waals surface area (Å²) in [7, 11) is 1.62. The van der Waals surface area contributed by atoms with Gasteiger partial charge >= 0.3 is 11.9 Å². The van der Waals surface area contributed by atoms with Crippen LogP contribution in [0.4, 0.5) is 0 Å². The maximum Gasteiger partial charge on any atom is 0.342 e. The molecular weight excluding hydrogens is 504 g/mol. The molecule has 10 nitrogen and oxygen atoms in total. The first-order valence-corrected chi connectivity index (χ1v) is 13.9. The number of ether oxygens (including phenoxy) is 5. The molecule has 0 bridgehead atoms. The van der Waals surface area contributed by atoms with E-state index in [9.17, 15) is 14.7 Å². The number of allylic oxidation sites excluding steroid dienone is 2. The van der Waals surface area contributed by atoms with E-state index in [1.807, 2.05) is 19.9 Å². The Hall–Kier alpha value is -2.66. The number of carboxylic acid groups (broad SMARTS) is 1. The van der Waals surface area contributed by atoms with E-state index in [1.165, 1.54) is 0 Å². The van der Waals surface area contributed by atoms with E-state index >= 15 is 0 Å². The van der Waals surface area contributed by atoms with Crippen LogP contribution in [0.25, 0.3) is 0 Å². The van der Waals surface area contributed by atoms with Crippen molar-refractivity contribution in [1.82, 2.24) is 9.80 Å². The number of methoxy groups -OCH3 is 1. The SMILES string of the molecule is COc1c(C)c2c(c(OCCN3CCOCC3)c1CC=C(C)CC(CCN1CCOCC1)C(=O)O)C(=O)OC2. The second-order valence-electron chi connectivity index (χ2n) is 10.4. The summed E-state index contributed by atoms with van der Waals surface area (Å²) < 4.78 is 28.3. The van der Waals surface area contributed by atoms with Gasteiger partial charge < -0.3 is 28.8 Å². The van der Waals surface area contributed by atoms with Crippen molar-refractivity contribution < 1.29 is 38.4 Å². The summed E-state index contributed by atoms with van der Waals surface area (Å²) in [6.45, 7) is 12.2. The van der Waals surface area contributed by atoms with Gasteiger partial charge in [-0.2, -0.15) is 0 Å². The Kier molecular flexibility index (Phi) is 10.6. The number of aliphatic carboxylic acids is 1. The van der Waals surface area contributed by atoms with Crippen molar-refractivity contribution in [3.05, 3.63) is 33.9 Å². The predicted molar refractivity (Wildman–Crippen MR) is 145 cm³/mol. The molecule has 1 atom stereocenters. The minimum Gasteiger partial charge on any atom is -0.496 e. The Bertz CT molecular complexity index is 1040. The largest absolute Gasteiger partial charge is 0.496 e. The third-order valence-electron chi connectivity index (χ3n) is 7.85. The fourth-order valence-electron chi connectivity index (χ4n) is 5.49. The summed E-state index contributed by atoms with van der Waals surface area (Å²) in [6, 6.07) is 0. The lowest BCUT2D eigenvalue weighted by molar-refractivity contribution is -0.142. The highest BCUT2D eigenvalue weighted by molar-refractivity contribution is 5.98. The van der Waals surface area contributed by atoms with E-state index in [1.54, 1.807) is 7.11 Å². The molecule has 1 aromatic rings. The molecule has 3 heterocycles. The molecule has 0 saturated carbocycles. The van der Waals surface area contributed by atoms with E-state index in [0.29, 0.717) is 69.4 Å². The molecule has 216 valence electrons. The molecule has 0 aromatic heterocycles. The van der Waals surface area contributed by atoms with Gasteiger partial charge in [0, 0.05) is 43.9 Å². The summed E-state index contributed by atoms with van der Waals surface area (Å²) in [6.07, 6.45) is 3.54. The van der Waals surface area contributed by atoms with Gasteiger partial charge in [0.25, 0.3) is 0 Å². The van der Waals surface area contributed by atoms with Crippen LogP contribution in [0, 0.1) is 12.8 Å². The number of benzene rings is 1. The number of morpholine rings is 2. The molecule has 0 spiro atoms. The maximum atomic E-state index is 12.8. The van der Waals surface area contributed by atoms with Crippen LogP contribution in [0.5, 0.6) is 11.5 Å². The topological polar surface area (TPSA) is 107 Å². The Morgan fingerprint density at radius 3 is 2.31 bits per heavy atom. The normalized spacial score (nSPS) is 19.5. The van der Waals surface area contributed by atoms with E-state index < -0.39 is 11.9 Å². The van der Waals surface area contributed by atoms with Gasteiger partial charge in [-0.1, -0.05) is 11.6 Å². The van der Waals surface area contributed by atoms with E-state index in [4.69, 9.17) is 23.7 Å². The molecule has 0 amide bonds. The van der Waals surface area contributed by atoms with Crippen molar-refractivity contribution in [2.45, 2.75) is 39.7 Å². The Labute approximate surface area is 230 Å². The zero-order valence-corrected chi connectivity index (χ0v) is 23.5. The average molecular weight is 547 g/mol. The molecule has 3 aliphatic rings. The number of carbonyl (C=O) groups excluding carboxylic acids is 1. The lowest BCUT2D eigenvalue weighted by Crippen LogP contribution is -2.38. The van der Waals surface area contributed by atoms with Crippen molar-refractivity contribution in [2.75, 3.05) is 79.4 Å².